The van der Waals surface area contributed by atoms with Gasteiger partial charge in [-0.2, -0.15) is 0 Å². The number of hydrogen-bond donors (Lipinski definition) is 1. The van der Waals surface area contributed by atoms with E-state index in [2.05, 4.69) is 4.57 Å². The van der Waals surface area contributed by atoms with Gasteiger partial charge in [0.1, 0.15) is 5.82 Å². The highest BCUT2D eigenvalue weighted by molar-refractivity contribution is 6.02. The van der Waals surface area contributed by atoms with Gasteiger partial charge >= 0.3 is 0 Å². The number of carbonyl (C=O) groups is 1. The van der Waals surface area contributed by atoms with Gasteiger partial charge in [0.05, 0.1) is 5.56 Å². The van der Waals surface area contributed by atoms with E-state index in [1.165, 1.54) is 12.1 Å². The summed E-state index contributed by atoms with van der Waals surface area (Å²) in [6.07, 6.45) is 2.24. The predicted octanol–water partition coefficient (Wildman–Crippen LogP) is 3.34. The second kappa shape index (κ2) is 4.47. The standard InChI is InChI=1S/C16H17FN2O/c1-9-14(11-4-3-5-12(17)8-11)15(16(18)20)10(2)19(9)13-6-7-13/h3-5,8,13H,6-7H2,1-2H3,(H2,18,20). The Bertz CT molecular complexity index is 699. The number of nitrogens with two attached hydrogens (primary N) is 1. The first-order valence-corrected chi connectivity index (χ1v) is 6.78. The van der Waals surface area contributed by atoms with Crippen molar-refractivity contribution in [2.75, 3.05) is 0 Å². The zero-order valence-electron chi connectivity index (χ0n) is 11.6. The first kappa shape index (κ1) is 12.9. The molecule has 1 aromatic carbocycles. The zero-order chi connectivity index (χ0) is 14.4. The number of aromatic nitrogens is 1. The molecule has 0 unspecified atom stereocenters. The lowest BCUT2D eigenvalue weighted by atomic mass is 10.00. The highest BCUT2D eigenvalue weighted by Gasteiger charge is 2.31. The van der Waals surface area contributed by atoms with Crippen molar-refractivity contribution in [3.8, 4) is 11.1 Å². The molecule has 2 N–H and O–H groups in total. The SMILES string of the molecule is Cc1c(C(N)=O)c(-c2cccc(F)c2)c(C)n1C1CC1. The number of nitrogens with zero attached hydrogens (tertiary/aromatic N) is 1. The molecule has 20 heavy (non-hydrogen) atoms. The normalized spacial score (nSPS) is 14.6. The number of benzene rings is 1. The van der Waals surface area contributed by atoms with E-state index in [9.17, 15) is 9.18 Å². The van der Waals surface area contributed by atoms with E-state index in [-0.39, 0.29) is 5.82 Å². The van der Waals surface area contributed by atoms with Gasteiger partial charge in [0.25, 0.3) is 5.91 Å². The van der Waals surface area contributed by atoms with Gasteiger partial charge in [-0.3, -0.25) is 4.79 Å². The monoisotopic (exact) mass is 272 g/mol. The summed E-state index contributed by atoms with van der Waals surface area (Å²) in [5, 5.41) is 0. The number of primary amides is 1. The van der Waals surface area contributed by atoms with Crippen LogP contribution in [0.25, 0.3) is 11.1 Å². The van der Waals surface area contributed by atoms with Crippen molar-refractivity contribution < 1.29 is 9.18 Å². The third-order valence-corrected chi connectivity index (χ3v) is 3.97. The van der Waals surface area contributed by atoms with Gasteiger partial charge in [-0.1, -0.05) is 12.1 Å². The van der Waals surface area contributed by atoms with Crippen molar-refractivity contribution in [3.63, 3.8) is 0 Å². The van der Waals surface area contributed by atoms with E-state index in [0.29, 0.717) is 17.2 Å². The van der Waals surface area contributed by atoms with E-state index in [0.717, 1.165) is 29.8 Å². The van der Waals surface area contributed by atoms with Crippen LogP contribution in [0.15, 0.2) is 24.3 Å². The van der Waals surface area contributed by atoms with Crippen molar-refractivity contribution in [2.24, 2.45) is 5.73 Å². The Kier molecular flexibility index (Phi) is 2.89. The van der Waals surface area contributed by atoms with Crippen LogP contribution in [0.1, 0.15) is 40.6 Å². The first-order valence-electron chi connectivity index (χ1n) is 6.78. The van der Waals surface area contributed by atoms with E-state index in [4.69, 9.17) is 5.73 Å². The maximum atomic E-state index is 13.5. The largest absolute Gasteiger partial charge is 0.366 e. The first-order chi connectivity index (χ1) is 9.50. The predicted molar refractivity (Wildman–Crippen MR) is 76.1 cm³/mol. The molecule has 0 radical (unpaired) electrons. The number of rotatable bonds is 3. The van der Waals surface area contributed by atoms with E-state index >= 15 is 0 Å². The second-order valence-electron chi connectivity index (χ2n) is 5.40. The Morgan fingerprint density at radius 3 is 2.55 bits per heavy atom. The molecular formula is C16H17FN2O. The Hall–Kier alpha value is -2.10. The Morgan fingerprint density at radius 2 is 2.00 bits per heavy atom. The van der Waals surface area contributed by atoms with Gasteiger partial charge < -0.3 is 10.3 Å². The van der Waals surface area contributed by atoms with Gasteiger partial charge in [0, 0.05) is 23.0 Å². The summed E-state index contributed by atoms with van der Waals surface area (Å²) in [5.41, 5.74) is 9.41. The number of halogens is 1. The molecule has 1 aliphatic rings. The molecule has 1 fully saturated rings. The zero-order valence-corrected chi connectivity index (χ0v) is 11.6. The number of amides is 1. The summed E-state index contributed by atoms with van der Waals surface area (Å²) >= 11 is 0. The van der Waals surface area contributed by atoms with Crippen LogP contribution in [0.2, 0.25) is 0 Å². The number of carbonyl (C=O) groups excluding carboxylic acids is 1. The minimum Gasteiger partial charge on any atom is -0.366 e. The van der Waals surface area contributed by atoms with E-state index < -0.39 is 5.91 Å². The fourth-order valence-electron chi connectivity index (χ4n) is 3.03. The lowest BCUT2D eigenvalue weighted by Crippen LogP contribution is -2.13. The van der Waals surface area contributed by atoms with Gasteiger partial charge in [0.15, 0.2) is 0 Å². The van der Waals surface area contributed by atoms with Crippen LogP contribution in [0.5, 0.6) is 0 Å². The molecule has 0 atom stereocenters. The van der Waals surface area contributed by atoms with Crippen LogP contribution in [-0.4, -0.2) is 10.5 Å². The van der Waals surface area contributed by atoms with Crippen LogP contribution >= 0.6 is 0 Å². The molecule has 0 saturated heterocycles. The summed E-state index contributed by atoms with van der Waals surface area (Å²) < 4.78 is 15.6. The van der Waals surface area contributed by atoms with Crippen molar-refractivity contribution >= 4 is 5.91 Å². The van der Waals surface area contributed by atoms with Gasteiger partial charge in [-0.05, 0) is 44.4 Å². The van der Waals surface area contributed by atoms with Crippen molar-refractivity contribution in [3.05, 3.63) is 47.0 Å². The van der Waals surface area contributed by atoms with Gasteiger partial charge in [-0.25, -0.2) is 4.39 Å². The molecule has 1 aliphatic carbocycles. The van der Waals surface area contributed by atoms with Gasteiger partial charge in [-0.15, -0.1) is 0 Å². The maximum Gasteiger partial charge on any atom is 0.251 e. The molecule has 0 aliphatic heterocycles. The molecular weight excluding hydrogens is 255 g/mol. The molecule has 3 nitrogen and oxygen atoms in total. The summed E-state index contributed by atoms with van der Waals surface area (Å²) in [6, 6.07) is 6.77. The molecule has 1 aromatic heterocycles. The van der Waals surface area contributed by atoms with Crippen LogP contribution in [0.4, 0.5) is 4.39 Å². The van der Waals surface area contributed by atoms with Crippen LogP contribution in [0.3, 0.4) is 0 Å². The van der Waals surface area contributed by atoms with Crippen molar-refractivity contribution in [2.45, 2.75) is 32.7 Å². The minimum atomic E-state index is -0.454. The summed E-state index contributed by atoms with van der Waals surface area (Å²) in [6.45, 7) is 3.88. The molecule has 0 bridgehead atoms. The average Bonchev–Trinajstić information content (AvgIpc) is 3.15. The molecule has 2 aromatic rings. The fraction of sp³-hybridized carbons (Fsp3) is 0.312. The Balaban J connectivity index is 2.28. The molecule has 1 heterocycles. The van der Waals surface area contributed by atoms with Gasteiger partial charge in [0.2, 0.25) is 0 Å². The van der Waals surface area contributed by atoms with Crippen molar-refractivity contribution in [1.82, 2.24) is 4.57 Å². The molecule has 1 amide bonds. The molecule has 104 valence electrons. The van der Waals surface area contributed by atoms with Crippen LogP contribution < -0.4 is 5.73 Å². The van der Waals surface area contributed by atoms with E-state index in [1.807, 2.05) is 19.9 Å². The average molecular weight is 272 g/mol. The minimum absolute atomic E-state index is 0.311. The summed E-state index contributed by atoms with van der Waals surface area (Å²) in [5.74, 6) is -0.765. The summed E-state index contributed by atoms with van der Waals surface area (Å²) in [4.78, 5) is 11.8. The quantitative estimate of drug-likeness (QED) is 0.915. The fourth-order valence-corrected chi connectivity index (χ4v) is 3.03. The van der Waals surface area contributed by atoms with E-state index in [1.54, 1.807) is 6.07 Å². The second-order valence-corrected chi connectivity index (χ2v) is 5.40. The topological polar surface area (TPSA) is 48.0 Å². The third kappa shape index (κ3) is 1.92. The molecule has 1 saturated carbocycles. The molecule has 0 spiro atoms. The summed E-state index contributed by atoms with van der Waals surface area (Å²) in [7, 11) is 0. The highest BCUT2D eigenvalue weighted by atomic mass is 19.1. The maximum absolute atomic E-state index is 13.5. The van der Waals surface area contributed by atoms with Crippen molar-refractivity contribution in [1.29, 1.82) is 0 Å². The third-order valence-electron chi connectivity index (χ3n) is 3.97. The molecule has 3 rings (SSSR count). The smallest absolute Gasteiger partial charge is 0.251 e. The Labute approximate surface area is 117 Å². The lowest BCUT2D eigenvalue weighted by Gasteiger charge is -2.07. The lowest BCUT2D eigenvalue weighted by molar-refractivity contribution is 0.1000. The highest BCUT2D eigenvalue weighted by Crippen LogP contribution is 2.42. The molecule has 4 heteroatoms. The van der Waals surface area contributed by atoms with Crippen LogP contribution in [0, 0.1) is 19.7 Å². The Morgan fingerprint density at radius 1 is 1.30 bits per heavy atom. The number of hydrogen-bond acceptors (Lipinski definition) is 1. The van der Waals surface area contributed by atoms with Crippen LogP contribution in [-0.2, 0) is 0 Å².